The van der Waals surface area contributed by atoms with E-state index in [0.717, 1.165) is 18.4 Å². The maximum absolute atomic E-state index is 11.9. The molecule has 0 saturated heterocycles. The van der Waals surface area contributed by atoms with Gasteiger partial charge in [-0.2, -0.15) is 0 Å². The van der Waals surface area contributed by atoms with Crippen molar-refractivity contribution in [3.8, 4) is 0 Å². The molecule has 0 spiro atoms. The number of nitrogens with two attached hydrogens (primary N) is 1. The molecule has 0 atom stereocenters. The minimum absolute atomic E-state index is 0.0284. The normalized spacial score (nSPS) is 15.6. The minimum Gasteiger partial charge on any atom is -0.394 e. The van der Waals surface area contributed by atoms with Crippen LogP contribution in [0.5, 0.6) is 0 Å². The maximum Gasteiger partial charge on any atom is 0.312 e. The molecule has 0 unspecified atom stereocenters. The molecule has 19 heavy (non-hydrogen) atoms. The third-order valence-corrected chi connectivity index (χ3v) is 3.22. The molecule has 5 N–H and O–H groups in total. The van der Waals surface area contributed by atoms with Crippen molar-refractivity contribution in [3.63, 3.8) is 0 Å². The molecule has 6 nitrogen and oxygen atoms in total. The topological polar surface area (TPSA) is 104 Å². The van der Waals surface area contributed by atoms with Gasteiger partial charge in [0.1, 0.15) is 0 Å². The van der Waals surface area contributed by atoms with Gasteiger partial charge in [-0.1, -0.05) is 12.1 Å². The van der Waals surface area contributed by atoms with Gasteiger partial charge in [-0.15, -0.1) is 0 Å². The Bertz CT molecular complexity index is 480. The summed E-state index contributed by atoms with van der Waals surface area (Å²) < 4.78 is 0. The predicted molar refractivity (Wildman–Crippen MR) is 69.4 cm³/mol. The molecule has 6 heteroatoms. The Morgan fingerprint density at radius 3 is 2.37 bits per heavy atom. The van der Waals surface area contributed by atoms with Crippen LogP contribution in [-0.4, -0.2) is 29.2 Å². The standard InChI is InChI=1S/C13H17N3O3/c14-12(19)15-7-9-1-3-10(4-2-9)11(18)16-13(8-17)5-6-13/h1-4,17H,5-8H2,(H,16,18)(H3,14,15,19). The van der Waals surface area contributed by atoms with Crippen molar-refractivity contribution in [1.82, 2.24) is 10.6 Å². The fraction of sp³-hybridized carbons (Fsp3) is 0.385. The summed E-state index contributed by atoms with van der Waals surface area (Å²) in [6, 6.07) is 6.29. The molecule has 1 aliphatic carbocycles. The first-order chi connectivity index (χ1) is 9.04. The van der Waals surface area contributed by atoms with Crippen LogP contribution in [0.2, 0.25) is 0 Å². The summed E-state index contributed by atoms with van der Waals surface area (Å²) in [6.45, 7) is 0.303. The van der Waals surface area contributed by atoms with Crippen molar-refractivity contribution < 1.29 is 14.7 Å². The molecule has 2 rings (SSSR count). The first-order valence-corrected chi connectivity index (χ1v) is 6.10. The fourth-order valence-corrected chi connectivity index (χ4v) is 1.75. The van der Waals surface area contributed by atoms with Gasteiger partial charge in [0.15, 0.2) is 0 Å². The van der Waals surface area contributed by atoms with E-state index in [-0.39, 0.29) is 12.5 Å². The number of primary amides is 1. The van der Waals surface area contributed by atoms with E-state index in [1.54, 1.807) is 24.3 Å². The Hall–Kier alpha value is -2.08. The monoisotopic (exact) mass is 263 g/mol. The number of carbonyl (C=O) groups excluding carboxylic acids is 2. The van der Waals surface area contributed by atoms with E-state index < -0.39 is 11.6 Å². The Balaban J connectivity index is 1.94. The summed E-state index contributed by atoms with van der Waals surface area (Å²) >= 11 is 0. The third-order valence-electron chi connectivity index (χ3n) is 3.22. The van der Waals surface area contributed by atoms with Crippen LogP contribution in [0.4, 0.5) is 4.79 Å². The zero-order chi connectivity index (χ0) is 13.9. The highest BCUT2D eigenvalue weighted by atomic mass is 16.3. The summed E-state index contributed by atoms with van der Waals surface area (Å²) in [4.78, 5) is 22.5. The molecule has 0 aliphatic heterocycles. The molecule has 0 aromatic heterocycles. The first kappa shape index (κ1) is 13.4. The van der Waals surface area contributed by atoms with Crippen molar-refractivity contribution in [1.29, 1.82) is 0 Å². The average molecular weight is 263 g/mol. The molecular formula is C13H17N3O3. The van der Waals surface area contributed by atoms with Gasteiger partial charge in [-0.05, 0) is 30.5 Å². The summed E-state index contributed by atoms with van der Waals surface area (Å²) in [5.41, 5.74) is 5.95. The Labute approximate surface area is 111 Å². The zero-order valence-corrected chi connectivity index (χ0v) is 10.5. The molecule has 1 aromatic rings. The lowest BCUT2D eigenvalue weighted by molar-refractivity contribution is 0.0906. The molecule has 3 amide bonds. The van der Waals surface area contributed by atoms with E-state index >= 15 is 0 Å². The highest BCUT2D eigenvalue weighted by molar-refractivity contribution is 5.95. The van der Waals surface area contributed by atoms with E-state index in [1.807, 2.05) is 0 Å². The third kappa shape index (κ3) is 3.45. The number of hydrogen-bond donors (Lipinski definition) is 4. The number of amides is 3. The van der Waals surface area contributed by atoms with Crippen LogP contribution in [0.25, 0.3) is 0 Å². The van der Waals surface area contributed by atoms with Crippen LogP contribution in [-0.2, 0) is 6.54 Å². The lowest BCUT2D eigenvalue weighted by atomic mass is 10.1. The minimum atomic E-state index is -0.583. The van der Waals surface area contributed by atoms with Crippen molar-refractivity contribution in [2.75, 3.05) is 6.61 Å². The summed E-state index contributed by atoms with van der Waals surface area (Å²) in [6.07, 6.45) is 1.63. The number of rotatable bonds is 5. The van der Waals surface area contributed by atoms with E-state index in [1.165, 1.54) is 0 Å². The van der Waals surface area contributed by atoms with Crippen LogP contribution >= 0.6 is 0 Å². The number of carbonyl (C=O) groups is 2. The van der Waals surface area contributed by atoms with E-state index in [0.29, 0.717) is 12.1 Å². The van der Waals surface area contributed by atoms with Crippen molar-refractivity contribution in [3.05, 3.63) is 35.4 Å². The molecule has 102 valence electrons. The number of aliphatic hydroxyl groups is 1. The summed E-state index contributed by atoms with van der Waals surface area (Å²) in [5.74, 6) is -0.194. The van der Waals surface area contributed by atoms with Crippen LogP contribution in [0.3, 0.4) is 0 Å². The van der Waals surface area contributed by atoms with Gasteiger partial charge in [0.05, 0.1) is 12.1 Å². The quantitative estimate of drug-likeness (QED) is 0.606. The molecule has 0 heterocycles. The van der Waals surface area contributed by atoms with Crippen molar-refractivity contribution in [2.45, 2.75) is 24.9 Å². The highest BCUT2D eigenvalue weighted by Gasteiger charge is 2.43. The average Bonchev–Trinajstić information content (AvgIpc) is 3.17. The largest absolute Gasteiger partial charge is 0.394 e. The van der Waals surface area contributed by atoms with Crippen LogP contribution in [0, 0.1) is 0 Å². The lowest BCUT2D eigenvalue weighted by Gasteiger charge is -2.14. The summed E-state index contributed by atoms with van der Waals surface area (Å²) in [7, 11) is 0. The van der Waals surface area contributed by atoms with Crippen molar-refractivity contribution in [2.24, 2.45) is 5.73 Å². The Morgan fingerprint density at radius 1 is 1.26 bits per heavy atom. The number of benzene rings is 1. The number of hydrogen-bond acceptors (Lipinski definition) is 3. The maximum atomic E-state index is 11.9. The van der Waals surface area contributed by atoms with Gasteiger partial charge >= 0.3 is 6.03 Å². The molecule has 0 radical (unpaired) electrons. The van der Waals surface area contributed by atoms with Gasteiger partial charge < -0.3 is 21.5 Å². The first-order valence-electron chi connectivity index (χ1n) is 6.10. The molecule has 1 fully saturated rings. The van der Waals surface area contributed by atoms with Crippen LogP contribution in [0.1, 0.15) is 28.8 Å². The fourth-order valence-electron chi connectivity index (χ4n) is 1.75. The number of urea groups is 1. The van der Waals surface area contributed by atoms with E-state index in [2.05, 4.69) is 10.6 Å². The van der Waals surface area contributed by atoms with Gasteiger partial charge in [-0.3, -0.25) is 4.79 Å². The van der Waals surface area contributed by atoms with Gasteiger partial charge in [0, 0.05) is 12.1 Å². The second-order valence-corrected chi connectivity index (χ2v) is 4.81. The van der Waals surface area contributed by atoms with Crippen LogP contribution < -0.4 is 16.4 Å². The Kier molecular flexibility index (Phi) is 3.71. The molecular weight excluding hydrogens is 246 g/mol. The van der Waals surface area contributed by atoms with Gasteiger partial charge in [0.25, 0.3) is 5.91 Å². The highest BCUT2D eigenvalue weighted by Crippen LogP contribution is 2.34. The molecule has 1 saturated carbocycles. The second kappa shape index (κ2) is 5.27. The van der Waals surface area contributed by atoms with E-state index in [9.17, 15) is 9.59 Å². The second-order valence-electron chi connectivity index (χ2n) is 4.81. The number of nitrogens with one attached hydrogen (secondary N) is 2. The van der Waals surface area contributed by atoms with E-state index in [4.69, 9.17) is 10.8 Å². The van der Waals surface area contributed by atoms with Gasteiger partial charge in [-0.25, -0.2) is 4.79 Å². The zero-order valence-electron chi connectivity index (χ0n) is 10.5. The van der Waals surface area contributed by atoms with Gasteiger partial charge in [0.2, 0.25) is 0 Å². The summed E-state index contributed by atoms with van der Waals surface area (Å²) in [5, 5.41) is 14.4. The number of aliphatic hydroxyl groups excluding tert-OH is 1. The van der Waals surface area contributed by atoms with Crippen molar-refractivity contribution >= 4 is 11.9 Å². The predicted octanol–water partition coefficient (Wildman–Crippen LogP) is 0.110. The molecule has 0 bridgehead atoms. The molecule has 1 aliphatic rings. The van der Waals surface area contributed by atoms with Crippen LogP contribution in [0.15, 0.2) is 24.3 Å². The Morgan fingerprint density at radius 2 is 1.89 bits per heavy atom. The lowest BCUT2D eigenvalue weighted by Crippen LogP contribution is -2.39. The SMILES string of the molecule is NC(=O)NCc1ccc(C(=O)NC2(CO)CC2)cc1. The molecule has 1 aromatic carbocycles. The smallest absolute Gasteiger partial charge is 0.312 e.